The molecule has 0 spiro atoms. The zero-order valence-electron chi connectivity index (χ0n) is 18.2. The van der Waals surface area contributed by atoms with Gasteiger partial charge in [-0.25, -0.2) is 9.18 Å². The molecule has 3 aromatic rings. The number of piperazine rings is 1. The number of anilines is 1. The van der Waals surface area contributed by atoms with E-state index in [0.29, 0.717) is 12.4 Å². The van der Waals surface area contributed by atoms with Gasteiger partial charge in [0.2, 0.25) is 0 Å². The van der Waals surface area contributed by atoms with E-state index < -0.39 is 5.97 Å². The normalized spacial score (nSPS) is 17.1. The summed E-state index contributed by atoms with van der Waals surface area (Å²) >= 11 is 0. The molecular formula is C27H25FN2O3. The Balaban J connectivity index is 1.39. The van der Waals surface area contributed by atoms with Gasteiger partial charge < -0.3 is 14.7 Å². The third-order valence-electron chi connectivity index (χ3n) is 6.33. The van der Waals surface area contributed by atoms with Crippen LogP contribution in [0.4, 0.5) is 10.1 Å². The van der Waals surface area contributed by atoms with Crippen LogP contribution in [0.2, 0.25) is 0 Å². The number of carboxylic acid groups (broad SMARTS) is 1. The molecule has 0 aliphatic carbocycles. The van der Waals surface area contributed by atoms with Crippen LogP contribution in [-0.2, 0) is 6.61 Å². The molecule has 6 heteroatoms. The van der Waals surface area contributed by atoms with Crippen LogP contribution in [0.1, 0.15) is 27.0 Å². The molecule has 2 aliphatic rings. The van der Waals surface area contributed by atoms with E-state index in [1.807, 2.05) is 24.3 Å². The van der Waals surface area contributed by atoms with Crippen LogP contribution >= 0.6 is 0 Å². The SMILES string of the molecule is O=C(O)c1ccc2c(c1)/C(=C\CN1CCN(c3ccc(F)cc3)CC1)c1ccccc1CO2. The molecule has 0 bridgehead atoms. The summed E-state index contributed by atoms with van der Waals surface area (Å²) in [4.78, 5) is 16.2. The summed E-state index contributed by atoms with van der Waals surface area (Å²) in [6, 6.07) is 19.8. The molecule has 1 fully saturated rings. The lowest BCUT2D eigenvalue weighted by Crippen LogP contribution is -2.46. The monoisotopic (exact) mass is 444 g/mol. The molecule has 0 saturated carbocycles. The Hall–Kier alpha value is -3.64. The molecular weight excluding hydrogens is 419 g/mol. The summed E-state index contributed by atoms with van der Waals surface area (Å²) in [5.74, 6) is -0.474. The Kier molecular flexibility index (Phi) is 5.84. The molecule has 2 aliphatic heterocycles. The van der Waals surface area contributed by atoms with E-state index in [0.717, 1.165) is 60.7 Å². The fourth-order valence-corrected chi connectivity index (χ4v) is 4.49. The molecule has 5 rings (SSSR count). The highest BCUT2D eigenvalue weighted by molar-refractivity contribution is 5.92. The maximum absolute atomic E-state index is 13.2. The van der Waals surface area contributed by atoms with Crippen LogP contribution in [-0.4, -0.2) is 48.7 Å². The van der Waals surface area contributed by atoms with E-state index >= 15 is 0 Å². The van der Waals surface area contributed by atoms with Crippen LogP contribution in [0.15, 0.2) is 72.8 Å². The van der Waals surface area contributed by atoms with Gasteiger partial charge in [-0.1, -0.05) is 30.3 Å². The highest BCUT2D eigenvalue weighted by atomic mass is 19.1. The van der Waals surface area contributed by atoms with Crippen molar-refractivity contribution in [1.29, 1.82) is 0 Å². The average Bonchev–Trinajstić information content (AvgIpc) is 3.00. The van der Waals surface area contributed by atoms with Crippen molar-refractivity contribution in [3.05, 3.63) is 101 Å². The Morgan fingerprint density at radius 1 is 0.970 bits per heavy atom. The van der Waals surface area contributed by atoms with Gasteiger partial charge in [0, 0.05) is 44.0 Å². The van der Waals surface area contributed by atoms with E-state index in [2.05, 4.69) is 28.0 Å². The van der Waals surface area contributed by atoms with Crippen LogP contribution < -0.4 is 9.64 Å². The van der Waals surface area contributed by atoms with E-state index in [-0.39, 0.29) is 11.4 Å². The number of carboxylic acids is 1. The van der Waals surface area contributed by atoms with Crippen molar-refractivity contribution in [2.24, 2.45) is 0 Å². The van der Waals surface area contributed by atoms with Crippen molar-refractivity contribution in [3.63, 3.8) is 0 Å². The third kappa shape index (κ3) is 4.47. The Morgan fingerprint density at radius 3 is 2.48 bits per heavy atom. The Labute approximate surface area is 192 Å². The highest BCUT2D eigenvalue weighted by Crippen LogP contribution is 2.37. The van der Waals surface area contributed by atoms with Gasteiger partial charge in [0.1, 0.15) is 18.2 Å². The smallest absolute Gasteiger partial charge is 0.335 e. The van der Waals surface area contributed by atoms with E-state index in [1.54, 1.807) is 18.2 Å². The Morgan fingerprint density at radius 2 is 1.73 bits per heavy atom. The van der Waals surface area contributed by atoms with Crippen molar-refractivity contribution in [1.82, 2.24) is 4.90 Å². The molecule has 0 atom stereocenters. The van der Waals surface area contributed by atoms with Gasteiger partial charge >= 0.3 is 5.97 Å². The highest BCUT2D eigenvalue weighted by Gasteiger charge is 2.22. The van der Waals surface area contributed by atoms with Crippen molar-refractivity contribution in [2.75, 3.05) is 37.6 Å². The lowest BCUT2D eigenvalue weighted by atomic mass is 9.93. The summed E-state index contributed by atoms with van der Waals surface area (Å²) < 4.78 is 19.3. The molecule has 33 heavy (non-hydrogen) atoms. The maximum atomic E-state index is 13.2. The van der Waals surface area contributed by atoms with Gasteiger partial charge in [-0.3, -0.25) is 4.90 Å². The van der Waals surface area contributed by atoms with Gasteiger partial charge in [0.15, 0.2) is 0 Å². The topological polar surface area (TPSA) is 53.0 Å². The minimum atomic E-state index is -0.952. The number of benzene rings is 3. The fraction of sp³-hybridized carbons (Fsp3) is 0.222. The molecule has 0 unspecified atom stereocenters. The third-order valence-corrected chi connectivity index (χ3v) is 6.33. The molecule has 0 amide bonds. The Bertz CT molecular complexity index is 1200. The number of fused-ring (bicyclic) bond motifs is 2. The molecule has 0 aromatic heterocycles. The van der Waals surface area contributed by atoms with Gasteiger partial charge in [-0.2, -0.15) is 0 Å². The lowest BCUT2D eigenvalue weighted by Gasteiger charge is -2.35. The molecule has 1 N–H and O–H groups in total. The number of nitrogens with zero attached hydrogens (tertiary/aromatic N) is 2. The summed E-state index contributed by atoms with van der Waals surface area (Å²) in [5, 5.41) is 9.51. The van der Waals surface area contributed by atoms with Crippen LogP contribution in [0.5, 0.6) is 5.75 Å². The second-order valence-electron chi connectivity index (χ2n) is 8.34. The van der Waals surface area contributed by atoms with Gasteiger partial charge in [0.05, 0.1) is 5.56 Å². The summed E-state index contributed by atoms with van der Waals surface area (Å²) in [6.45, 7) is 4.71. The molecule has 168 valence electrons. The fourth-order valence-electron chi connectivity index (χ4n) is 4.49. The predicted octanol–water partition coefficient (Wildman–Crippen LogP) is 4.67. The molecule has 1 saturated heterocycles. The first-order chi connectivity index (χ1) is 16.1. The van der Waals surface area contributed by atoms with E-state index in [9.17, 15) is 14.3 Å². The average molecular weight is 445 g/mol. The summed E-state index contributed by atoms with van der Waals surface area (Å²) in [6.07, 6.45) is 2.19. The predicted molar refractivity (Wildman–Crippen MR) is 126 cm³/mol. The van der Waals surface area contributed by atoms with Crippen molar-refractivity contribution >= 4 is 17.2 Å². The van der Waals surface area contributed by atoms with E-state index in [4.69, 9.17) is 4.74 Å². The number of rotatable bonds is 4. The number of hydrogen-bond donors (Lipinski definition) is 1. The number of halogens is 1. The first-order valence-electron chi connectivity index (χ1n) is 11.1. The quantitative estimate of drug-likeness (QED) is 0.634. The second-order valence-corrected chi connectivity index (χ2v) is 8.34. The van der Waals surface area contributed by atoms with Crippen molar-refractivity contribution in [2.45, 2.75) is 6.61 Å². The maximum Gasteiger partial charge on any atom is 0.335 e. The number of hydrogen-bond acceptors (Lipinski definition) is 4. The minimum Gasteiger partial charge on any atom is -0.488 e. The summed E-state index contributed by atoms with van der Waals surface area (Å²) in [5.41, 5.74) is 5.25. The lowest BCUT2D eigenvalue weighted by molar-refractivity contribution is 0.0697. The van der Waals surface area contributed by atoms with Crippen molar-refractivity contribution < 1.29 is 19.0 Å². The van der Waals surface area contributed by atoms with Gasteiger partial charge in [-0.05, 0) is 59.2 Å². The molecule has 2 heterocycles. The molecule has 5 nitrogen and oxygen atoms in total. The number of carbonyl (C=O) groups is 1. The second kappa shape index (κ2) is 9.08. The van der Waals surface area contributed by atoms with Gasteiger partial charge in [0.25, 0.3) is 0 Å². The zero-order chi connectivity index (χ0) is 22.8. The minimum absolute atomic E-state index is 0.219. The van der Waals surface area contributed by atoms with E-state index in [1.165, 1.54) is 12.1 Å². The zero-order valence-corrected chi connectivity index (χ0v) is 18.2. The largest absolute Gasteiger partial charge is 0.488 e. The first kappa shape index (κ1) is 21.2. The van der Waals surface area contributed by atoms with Crippen LogP contribution in [0.3, 0.4) is 0 Å². The number of aromatic carboxylic acids is 1. The molecule has 3 aromatic carbocycles. The molecule has 0 radical (unpaired) electrons. The van der Waals surface area contributed by atoms with Gasteiger partial charge in [-0.15, -0.1) is 0 Å². The number of ether oxygens (including phenoxy) is 1. The summed E-state index contributed by atoms with van der Waals surface area (Å²) in [7, 11) is 0. The van der Waals surface area contributed by atoms with Crippen molar-refractivity contribution in [3.8, 4) is 5.75 Å². The standard InChI is InChI=1S/C27H25FN2O3/c28-21-6-8-22(9-7-21)30-15-13-29(14-16-30)12-11-24-23-4-2-1-3-20(23)18-33-26-10-5-19(27(31)32)17-25(24)26/h1-11,17H,12-16,18H2,(H,31,32)/b24-11-. The van der Waals surface area contributed by atoms with Crippen LogP contribution in [0.25, 0.3) is 5.57 Å². The van der Waals surface area contributed by atoms with Crippen LogP contribution in [0, 0.1) is 5.82 Å². The first-order valence-corrected chi connectivity index (χ1v) is 11.1.